The number of ether oxygens (including phenoxy) is 3. The molecular weight excluding hydrogens is 588 g/mol. The molecule has 0 bridgehead atoms. The van der Waals surface area contributed by atoms with Crippen molar-refractivity contribution in [2.24, 2.45) is 4.99 Å². The van der Waals surface area contributed by atoms with Gasteiger partial charge in [0.05, 0.1) is 35.0 Å². The number of rotatable bonds is 7. The second-order valence-electron chi connectivity index (χ2n) is 9.49. The number of para-hydroxylation sites is 1. The molecule has 0 amide bonds. The van der Waals surface area contributed by atoms with Crippen molar-refractivity contribution in [3.63, 3.8) is 0 Å². The molecule has 4 aromatic rings. The highest BCUT2D eigenvalue weighted by atomic mass is 79.9. The number of thiazole rings is 1. The molecule has 40 heavy (non-hydrogen) atoms. The van der Waals surface area contributed by atoms with Crippen molar-refractivity contribution in [2.45, 2.75) is 18.9 Å². The first-order chi connectivity index (χ1) is 19.5. The van der Waals surface area contributed by atoms with E-state index in [1.165, 1.54) is 16.9 Å². The third kappa shape index (κ3) is 4.51. The van der Waals surface area contributed by atoms with Crippen molar-refractivity contribution in [1.82, 2.24) is 4.57 Å². The zero-order valence-corrected chi connectivity index (χ0v) is 24.6. The average molecular weight is 616 g/mol. The summed E-state index contributed by atoms with van der Waals surface area (Å²) in [6.07, 6.45) is 5.27. The Morgan fingerprint density at radius 2 is 1.85 bits per heavy atom. The van der Waals surface area contributed by atoms with Crippen LogP contribution in [0.2, 0.25) is 0 Å². The third-order valence-corrected chi connectivity index (χ3v) is 8.77. The van der Waals surface area contributed by atoms with E-state index in [1.807, 2.05) is 53.1 Å². The summed E-state index contributed by atoms with van der Waals surface area (Å²) in [5.41, 5.74) is 6.17. The van der Waals surface area contributed by atoms with E-state index in [0.717, 1.165) is 51.0 Å². The second kappa shape index (κ2) is 10.9. The molecule has 1 aliphatic heterocycles. The van der Waals surface area contributed by atoms with Gasteiger partial charge in [0.25, 0.3) is 5.56 Å². The van der Waals surface area contributed by atoms with E-state index in [0.29, 0.717) is 27.4 Å². The second-order valence-corrected chi connectivity index (χ2v) is 11.4. The lowest BCUT2D eigenvalue weighted by atomic mass is 9.83. The number of aromatic nitrogens is 1. The van der Waals surface area contributed by atoms with Crippen LogP contribution in [0.4, 0.5) is 0 Å². The Balaban J connectivity index is 1.57. The maximum Gasteiger partial charge on any atom is 0.271 e. The first-order valence-electron chi connectivity index (χ1n) is 12.9. The molecule has 1 unspecified atom stereocenters. The van der Waals surface area contributed by atoms with E-state index in [9.17, 15) is 4.79 Å². The number of benzene rings is 3. The highest BCUT2D eigenvalue weighted by molar-refractivity contribution is 9.10. The Kier molecular flexibility index (Phi) is 7.21. The molecule has 6 rings (SSSR count). The number of halogens is 1. The molecule has 0 N–H and O–H groups in total. The lowest BCUT2D eigenvalue weighted by Crippen LogP contribution is -2.39. The number of nitrogens with zero attached hydrogens (tertiary/aromatic N) is 2. The van der Waals surface area contributed by atoms with Crippen LogP contribution in [-0.2, 0) is 6.42 Å². The fourth-order valence-electron chi connectivity index (χ4n) is 5.45. The highest BCUT2D eigenvalue weighted by Gasteiger charge is 2.34. The molecular formula is C32H27BrN2O4S. The van der Waals surface area contributed by atoms with Gasteiger partial charge in [0, 0.05) is 11.1 Å². The quantitative estimate of drug-likeness (QED) is 0.252. The number of fused-ring (bicyclic) bond motifs is 3. The molecule has 0 fully saturated rings. The predicted octanol–water partition coefficient (Wildman–Crippen LogP) is 5.66. The van der Waals surface area contributed by atoms with Crippen LogP contribution in [0.1, 0.15) is 34.7 Å². The lowest BCUT2D eigenvalue weighted by Gasteiger charge is -2.31. The van der Waals surface area contributed by atoms with E-state index in [-0.39, 0.29) is 11.6 Å². The van der Waals surface area contributed by atoms with Crippen molar-refractivity contribution in [3.8, 4) is 17.2 Å². The fourth-order valence-corrected chi connectivity index (χ4v) is 7.02. The highest BCUT2D eigenvalue weighted by Crippen LogP contribution is 2.43. The Labute approximate surface area is 244 Å². The Morgan fingerprint density at radius 3 is 2.65 bits per heavy atom. The van der Waals surface area contributed by atoms with Crippen LogP contribution in [0.25, 0.3) is 11.8 Å². The van der Waals surface area contributed by atoms with Gasteiger partial charge in [-0.3, -0.25) is 9.36 Å². The molecule has 8 heteroatoms. The maximum absolute atomic E-state index is 14.1. The molecule has 1 aromatic heterocycles. The normalized spacial score (nSPS) is 16.0. The zero-order chi connectivity index (χ0) is 27.8. The summed E-state index contributed by atoms with van der Waals surface area (Å²) in [6, 6.07) is 19.8. The summed E-state index contributed by atoms with van der Waals surface area (Å²) in [4.78, 5) is 19.9. The number of hydrogen-bond donors (Lipinski definition) is 0. The van der Waals surface area contributed by atoms with Crippen LogP contribution < -0.4 is 29.1 Å². The Hall–Kier alpha value is -3.88. The van der Waals surface area contributed by atoms with Crippen LogP contribution in [-0.4, -0.2) is 25.4 Å². The van der Waals surface area contributed by atoms with Crippen LogP contribution >= 0.6 is 27.3 Å². The van der Waals surface area contributed by atoms with Gasteiger partial charge >= 0.3 is 0 Å². The molecule has 1 atom stereocenters. The van der Waals surface area contributed by atoms with Crippen molar-refractivity contribution in [1.29, 1.82) is 0 Å². The monoisotopic (exact) mass is 614 g/mol. The minimum atomic E-state index is -0.311. The number of allylic oxidation sites excluding steroid dienone is 1. The lowest BCUT2D eigenvalue weighted by molar-refractivity contribution is 0.324. The molecule has 202 valence electrons. The van der Waals surface area contributed by atoms with Crippen LogP contribution in [0.5, 0.6) is 17.2 Å². The molecule has 0 saturated heterocycles. The summed E-state index contributed by atoms with van der Waals surface area (Å²) in [5.74, 6) is 1.90. The molecule has 0 radical (unpaired) electrons. The number of methoxy groups -OCH3 is 2. The Morgan fingerprint density at radius 1 is 1.07 bits per heavy atom. The molecule has 0 saturated carbocycles. The smallest absolute Gasteiger partial charge is 0.271 e. The maximum atomic E-state index is 14.1. The predicted molar refractivity (Wildman–Crippen MR) is 162 cm³/mol. The zero-order valence-electron chi connectivity index (χ0n) is 22.1. The van der Waals surface area contributed by atoms with Gasteiger partial charge in [-0.05, 0) is 69.7 Å². The van der Waals surface area contributed by atoms with E-state index < -0.39 is 0 Å². The van der Waals surface area contributed by atoms with E-state index in [2.05, 4.69) is 40.7 Å². The van der Waals surface area contributed by atoms with Crippen molar-refractivity contribution in [2.75, 3.05) is 20.8 Å². The van der Waals surface area contributed by atoms with Gasteiger partial charge in [-0.25, -0.2) is 4.99 Å². The molecule has 3 aromatic carbocycles. The first kappa shape index (κ1) is 26.3. The van der Waals surface area contributed by atoms with Crippen molar-refractivity contribution in [3.05, 3.63) is 125 Å². The SMILES string of the molecule is C=CCOc1c(Br)cc(C=c2sc3n(c2=O)C(c2ccccc2OC)C2=C(N=3)c3ccccc3CC2)cc1OC. The largest absolute Gasteiger partial charge is 0.496 e. The summed E-state index contributed by atoms with van der Waals surface area (Å²) in [7, 11) is 3.26. The van der Waals surface area contributed by atoms with Gasteiger partial charge < -0.3 is 14.2 Å². The summed E-state index contributed by atoms with van der Waals surface area (Å²) >= 11 is 4.98. The summed E-state index contributed by atoms with van der Waals surface area (Å²) in [5, 5.41) is 0. The van der Waals surface area contributed by atoms with Gasteiger partial charge in [-0.15, -0.1) is 0 Å². The van der Waals surface area contributed by atoms with E-state index >= 15 is 0 Å². The fraction of sp³-hybridized carbons (Fsp3) is 0.188. The molecule has 0 spiro atoms. The van der Waals surface area contributed by atoms with Gasteiger partial charge in [0.15, 0.2) is 16.3 Å². The topological polar surface area (TPSA) is 62.0 Å². The van der Waals surface area contributed by atoms with Gasteiger partial charge in [0.2, 0.25) is 0 Å². The molecule has 2 heterocycles. The summed E-state index contributed by atoms with van der Waals surface area (Å²) < 4.78 is 20.3. The molecule has 2 aliphatic rings. The standard InChI is InChI=1S/C32H27BrN2O4S/c1-4-15-39-30-24(33)16-19(17-26(30)38-3)18-27-31(36)35-29(22-11-7-8-12-25(22)37-2)23-14-13-20-9-5-6-10-21(20)28(23)34-32(35)40-27/h4-12,16-18,29H,1,13-15H2,2-3H3. The Bertz CT molecular complexity index is 1850. The van der Waals surface area contributed by atoms with Crippen molar-refractivity contribution >= 4 is 39.0 Å². The van der Waals surface area contributed by atoms with Crippen LogP contribution in [0.15, 0.2) is 93.2 Å². The molecule has 1 aliphatic carbocycles. The van der Waals surface area contributed by atoms with Crippen LogP contribution in [0, 0.1) is 0 Å². The van der Waals surface area contributed by atoms with Gasteiger partial charge in [-0.1, -0.05) is 66.5 Å². The van der Waals surface area contributed by atoms with Gasteiger partial charge in [0.1, 0.15) is 12.4 Å². The van der Waals surface area contributed by atoms with Crippen LogP contribution in [0.3, 0.4) is 0 Å². The number of hydrogen-bond acceptors (Lipinski definition) is 6. The van der Waals surface area contributed by atoms with Crippen molar-refractivity contribution < 1.29 is 14.2 Å². The third-order valence-electron chi connectivity index (χ3n) is 7.20. The van der Waals surface area contributed by atoms with Gasteiger partial charge in [-0.2, -0.15) is 0 Å². The van der Waals surface area contributed by atoms with E-state index in [1.54, 1.807) is 20.3 Å². The number of aryl methyl sites for hydroxylation is 1. The minimum absolute atomic E-state index is 0.0906. The van der Waals surface area contributed by atoms with E-state index in [4.69, 9.17) is 19.2 Å². The minimum Gasteiger partial charge on any atom is -0.496 e. The average Bonchev–Trinajstić information content (AvgIpc) is 3.29. The first-order valence-corrected chi connectivity index (χ1v) is 14.5. The molecule has 6 nitrogen and oxygen atoms in total. The summed E-state index contributed by atoms with van der Waals surface area (Å²) in [6.45, 7) is 4.06.